The second kappa shape index (κ2) is 14.8. The number of benzene rings is 8. The Morgan fingerprint density at radius 3 is 1.41 bits per heavy atom. The third-order valence-electron chi connectivity index (χ3n) is 12.1. The number of pyridine rings is 1. The van der Waals surface area contributed by atoms with Crippen LogP contribution >= 0.6 is 0 Å². The lowest BCUT2D eigenvalue weighted by atomic mass is 9.82. The summed E-state index contributed by atoms with van der Waals surface area (Å²) in [7, 11) is 0. The van der Waals surface area contributed by atoms with E-state index in [0.29, 0.717) is 17.5 Å². The molecule has 0 saturated carbocycles. The maximum absolute atomic E-state index is 5.49. The van der Waals surface area contributed by atoms with Crippen LogP contribution in [0.2, 0.25) is 0 Å². The minimum atomic E-state index is -0.146. The van der Waals surface area contributed by atoms with E-state index in [1.54, 1.807) is 0 Å². The highest BCUT2D eigenvalue weighted by Gasteiger charge is 2.36. The SMILES string of the molecule is CC1(C)c2ccccc2-c2cc3c(-c4cccc(-c5cccc(-c6nc(-c7ccccc7)nc(-c7ccccc7)n6)c5)c4)cc(-c4ccccc4-c4ccccc4)nc3cc21. The summed E-state index contributed by atoms with van der Waals surface area (Å²) in [5, 5.41) is 1.13. The third-order valence-corrected chi connectivity index (χ3v) is 12.1. The smallest absolute Gasteiger partial charge is 0.164 e. The van der Waals surface area contributed by atoms with Gasteiger partial charge in [-0.1, -0.05) is 190 Å². The lowest BCUT2D eigenvalue weighted by molar-refractivity contribution is 0.661. The molecule has 0 spiro atoms. The second-order valence-electron chi connectivity index (χ2n) is 16.3. The molecule has 0 radical (unpaired) electrons. The zero-order valence-electron chi connectivity index (χ0n) is 33.9. The van der Waals surface area contributed by atoms with E-state index in [-0.39, 0.29) is 5.41 Å². The van der Waals surface area contributed by atoms with Crippen LogP contribution in [0.25, 0.3) is 101 Å². The third kappa shape index (κ3) is 6.50. The summed E-state index contributed by atoms with van der Waals surface area (Å²) in [5.74, 6) is 1.91. The Balaban J connectivity index is 1.07. The fourth-order valence-electron chi connectivity index (χ4n) is 9.02. The van der Waals surface area contributed by atoms with E-state index in [2.05, 4.69) is 159 Å². The molecule has 0 atom stereocenters. The Morgan fingerprint density at radius 1 is 0.295 bits per heavy atom. The van der Waals surface area contributed by atoms with Gasteiger partial charge in [0, 0.05) is 33.1 Å². The summed E-state index contributed by atoms with van der Waals surface area (Å²) >= 11 is 0. The number of hydrogen-bond donors (Lipinski definition) is 0. The highest BCUT2D eigenvalue weighted by Crippen LogP contribution is 2.51. The highest BCUT2D eigenvalue weighted by atomic mass is 15.0. The largest absolute Gasteiger partial charge is 0.248 e. The van der Waals surface area contributed by atoms with Crippen molar-refractivity contribution in [2.24, 2.45) is 0 Å². The summed E-state index contributed by atoms with van der Waals surface area (Å²) in [5.41, 5.74) is 17.7. The summed E-state index contributed by atoms with van der Waals surface area (Å²) in [6.45, 7) is 4.66. The first kappa shape index (κ1) is 36.3. The molecule has 4 heteroatoms. The minimum Gasteiger partial charge on any atom is -0.248 e. The maximum atomic E-state index is 5.49. The molecule has 288 valence electrons. The number of fused-ring (bicyclic) bond motifs is 4. The van der Waals surface area contributed by atoms with E-state index in [1.807, 2.05) is 60.7 Å². The van der Waals surface area contributed by atoms with Gasteiger partial charge in [-0.2, -0.15) is 0 Å². The fourth-order valence-corrected chi connectivity index (χ4v) is 9.02. The number of rotatable bonds is 7. The molecule has 0 amide bonds. The van der Waals surface area contributed by atoms with Gasteiger partial charge in [0.05, 0.1) is 11.2 Å². The summed E-state index contributed by atoms with van der Waals surface area (Å²) in [6, 6.07) is 72.7. The van der Waals surface area contributed by atoms with Crippen molar-refractivity contribution >= 4 is 10.9 Å². The Kier molecular flexibility index (Phi) is 8.79. The molecule has 11 rings (SSSR count). The van der Waals surface area contributed by atoms with Gasteiger partial charge in [0.2, 0.25) is 0 Å². The summed E-state index contributed by atoms with van der Waals surface area (Å²) in [6.07, 6.45) is 0. The van der Waals surface area contributed by atoms with E-state index >= 15 is 0 Å². The first-order valence-corrected chi connectivity index (χ1v) is 20.8. The molecule has 61 heavy (non-hydrogen) atoms. The lowest BCUT2D eigenvalue weighted by Gasteiger charge is -2.22. The quantitative estimate of drug-likeness (QED) is 0.162. The second-order valence-corrected chi connectivity index (χ2v) is 16.3. The van der Waals surface area contributed by atoms with E-state index in [1.165, 1.54) is 27.8 Å². The van der Waals surface area contributed by atoms with Gasteiger partial charge in [-0.25, -0.2) is 19.9 Å². The molecule has 0 saturated heterocycles. The Morgan fingerprint density at radius 2 is 0.770 bits per heavy atom. The topological polar surface area (TPSA) is 51.6 Å². The average Bonchev–Trinajstić information content (AvgIpc) is 3.56. The van der Waals surface area contributed by atoms with Gasteiger partial charge in [0.1, 0.15) is 0 Å². The van der Waals surface area contributed by atoms with E-state index < -0.39 is 0 Å². The van der Waals surface area contributed by atoms with Crippen LogP contribution in [0.15, 0.2) is 206 Å². The van der Waals surface area contributed by atoms with Gasteiger partial charge < -0.3 is 0 Å². The molecule has 2 aromatic heterocycles. The van der Waals surface area contributed by atoms with Crippen molar-refractivity contribution in [2.75, 3.05) is 0 Å². The molecular formula is C57H40N4. The molecule has 0 unspecified atom stereocenters. The molecule has 1 aliphatic rings. The van der Waals surface area contributed by atoms with E-state index in [4.69, 9.17) is 19.9 Å². The first-order chi connectivity index (χ1) is 30.0. The van der Waals surface area contributed by atoms with Crippen molar-refractivity contribution in [3.8, 4) is 89.9 Å². The highest BCUT2D eigenvalue weighted by molar-refractivity contribution is 6.02. The van der Waals surface area contributed by atoms with Crippen LogP contribution in [-0.4, -0.2) is 19.9 Å². The molecule has 2 heterocycles. The monoisotopic (exact) mass is 780 g/mol. The van der Waals surface area contributed by atoms with Crippen LogP contribution in [0.4, 0.5) is 0 Å². The van der Waals surface area contributed by atoms with Gasteiger partial charge in [0.25, 0.3) is 0 Å². The number of nitrogens with zero attached hydrogens (tertiary/aromatic N) is 4. The molecule has 0 bridgehead atoms. The molecular weight excluding hydrogens is 741 g/mol. The lowest BCUT2D eigenvalue weighted by Crippen LogP contribution is -2.14. The van der Waals surface area contributed by atoms with E-state index in [0.717, 1.165) is 66.7 Å². The standard InChI is InChI=1S/C57H40N4/c1-57(2)50-31-15-14-29-45(50)48-34-49-47(35-52(58-53(49)36-51(48)57)46-30-13-12-28-44(46)37-18-6-3-7-19-37)42-26-16-24-40(32-42)41-25-17-27-43(33-41)56-60-54(38-20-8-4-9-21-38)59-55(61-56)39-22-10-5-11-23-39/h3-36H,1-2H3. The molecule has 0 fully saturated rings. The van der Waals surface area contributed by atoms with Crippen LogP contribution in [0.3, 0.4) is 0 Å². The number of hydrogen-bond acceptors (Lipinski definition) is 4. The van der Waals surface area contributed by atoms with Gasteiger partial charge in [-0.3, -0.25) is 0 Å². The van der Waals surface area contributed by atoms with Crippen molar-refractivity contribution < 1.29 is 0 Å². The van der Waals surface area contributed by atoms with Crippen molar-refractivity contribution in [1.29, 1.82) is 0 Å². The van der Waals surface area contributed by atoms with Crippen molar-refractivity contribution in [1.82, 2.24) is 19.9 Å². The molecule has 0 N–H and O–H groups in total. The average molecular weight is 781 g/mol. The van der Waals surface area contributed by atoms with Crippen molar-refractivity contribution in [3.05, 3.63) is 217 Å². The van der Waals surface area contributed by atoms with Crippen LogP contribution in [0.1, 0.15) is 25.0 Å². The summed E-state index contributed by atoms with van der Waals surface area (Å²) in [4.78, 5) is 20.5. The van der Waals surface area contributed by atoms with Crippen LogP contribution in [-0.2, 0) is 5.41 Å². The van der Waals surface area contributed by atoms with Crippen molar-refractivity contribution in [2.45, 2.75) is 19.3 Å². The maximum Gasteiger partial charge on any atom is 0.164 e. The Hall–Kier alpha value is -7.82. The molecule has 0 aliphatic heterocycles. The van der Waals surface area contributed by atoms with Gasteiger partial charge in [-0.05, 0) is 86.0 Å². The Bertz CT molecular complexity index is 3210. The van der Waals surface area contributed by atoms with Gasteiger partial charge in [-0.15, -0.1) is 0 Å². The first-order valence-electron chi connectivity index (χ1n) is 20.8. The summed E-state index contributed by atoms with van der Waals surface area (Å²) < 4.78 is 0. The zero-order chi connectivity index (χ0) is 40.9. The van der Waals surface area contributed by atoms with Crippen molar-refractivity contribution in [3.63, 3.8) is 0 Å². The molecule has 1 aliphatic carbocycles. The minimum absolute atomic E-state index is 0.146. The van der Waals surface area contributed by atoms with Gasteiger partial charge >= 0.3 is 0 Å². The molecule has 4 nitrogen and oxygen atoms in total. The van der Waals surface area contributed by atoms with Crippen LogP contribution < -0.4 is 0 Å². The molecule has 10 aromatic rings. The normalized spacial score (nSPS) is 12.6. The van der Waals surface area contributed by atoms with Gasteiger partial charge in [0.15, 0.2) is 17.5 Å². The molecule has 8 aromatic carbocycles. The predicted octanol–water partition coefficient (Wildman–Crippen LogP) is 14.4. The van der Waals surface area contributed by atoms with Crippen LogP contribution in [0, 0.1) is 0 Å². The van der Waals surface area contributed by atoms with Crippen LogP contribution in [0.5, 0.6) is 0 Å². The zero-order valence-corrected chi connectivity index (χ0v) is 33.9. The van der Waals surface area contributed by atoms with E-state index in [9.17, 15) is 0 Å². The predicted molar refractivity (Wildman–Crippen MR) is 251 cm³/mol. The number of aromatic nitrogens is 4. The Labute approximate surface area is 356 Å². The fraction of sp³-hybridized carbons (Fsp3) is 0.0526.